The number of aliphatic carboxylic acids is 1. The van der Waals surface area contributed by atoms with Crippen molar-refractivity contribution in [3.63, 3.8) is 0 Å². The SMILES string of the molecule is COc1ccc(C(=S)N(C)CC(=O)O)cc1. The number of ether oxygens (including phenoxy) is 1. The van der Waals surface area contributed by atoms with Gasteiger partial charge in [0.1, 0.15) is 17.3 Å². The first-order chi connectivity index (χ1) is 7.54. The number of hydrogen-bond acceptors (Lipinski definition) is 3. The number of likely N-dealkylation sites (N-methyl/N-ethyl adjacent to an activating group) is 1. The van der Waals surface area contributed by atoms with Crippen molar-refractivity contribution in [3.8, 4) is 5.75 Å². The Bertz CT molecular complexity index is 389. The molecule has 16 heavy (non-hydrogen) atoms. The molecule has 0 aliphatic carbocycles. The van der Waals surface area contributed by atoms with Crippen LogP contribution >= 0.6 is 12.2 Å². The summed E-state index contributed by atoms with van der Waals surface area (Å²) < 4.78 is 5.02. The Morgan fingerprint density at radius 1 is 1.44 bits per heavy atom. The predicted octanol–water partition coefficient (Wildman–Crippen LogP) is 1.39. The van der Waals surface area contributed by atoms with Crippen LogP contribution in [-0.4, -0.2) is 41.7 Å². The number of benzene rings is 1. The highest BCUT2D eigenvalue weighted by atomic mass is 32.1. The van der Waals surface area contributed by atoms with Crippen molar-refractivity contribution in [1.82, 2.24) is 4.90 Å². The molecule has 4 nitrogen and oxygen atoms in total. The molecule has 0 bridgehead atoms. The Balaban J connectivity index is 2.75. The molecule has 0 aliphatic heterocycles. The van der Waals surface area contributed by atoms with Crippen molar-refractivity contribution >= 4 is 23.2 Å². The Morgan fingerprint density at radius 3 is 2.44 bits per heavy atom. The number of nitrogens with zero attached hydrogens (tertiary/aromatic N) is 1. The van der Waals surface area contributed by atoms with E-state index in [0.29, 0.717) is 4.99 Å². The second kappa shape index (κ2) is 5.46. The van der Waals surface area contributed by atoms with Crippen molar-refractivity contribution in [2.75, 3.05) is 20.7 Å². The maximum Gasteiger partial charge on any atom is 0.323 e. The zero-order valence-corrected chi connectivity index (χ0v) is 9.95. The summed E-state index contributed by atoms with van der Waals surface area (Å²) in [5, 5.41) is 8.64. The van der Waals surface area contributed by atoms with Gasteiger partial charge in [-0.2, -0.15) is 0 Å². The van der Waals surface area contributed by atoms with Crippen molar-refractivity contribution in [1.29, 1.82) is 0 Å². The largest absolute Gasteiger partial charge is 0.497 e. The molecule has 0 amide bonds. The molecule has 0 aromatic heterocycles. The lowest BCUT2D eigenvalue weighted by Crippen LogP contribution is -2.31. The van der Waals surface area contributed by atoms with E-state index in [1.165, 1.54) is 4.90 Å². The minimum absolute atomic E-state index is 0.106. The fourth-order valence-corrected chi connectivity index (χ4v) is 1.43. The summed E-state index contributed by atoms with van der Waals surface area (Å²) in [6, 6.07) is 7.19. The Morgan fingerprint density at radius 2 is 2.00 bits per heavy atom. The molecule has 86 valence electrons. The number of carbonyl (C=O) groups is 1. The van der Waals surface area contributed by atoms with E-state index < -0.39 is 5.97 Å². The van der Waals surface area contributed by atoms with E-state index in [0.717, 1.165) is 11.3 Å². The van der Waals surface area contributed by atoms with Crippen LogP contribution in [0, 0.1) is 0 Å². The van der Waals surface area contributed by atoms with Gasteiger partial charge in [-0.1, -0.05) is 12.2 Å². The standard InChI is InChI=1S/C11H13NO3S/c1-12(7-10(13)14)11(16)8-3-5-9(15-2)6-4-8/h3-6H,7H2,1-2H3,(H,13,14). The first kappa shape index (κ1) is 12.4. The van der Waals surface area contributed by atoms with Gasteiger partial charge in [0.15, 0.2) is 0 Å². The monoisotopic (exact) mass is 239 g/mol. The summed E-state index contributed by atoms with van der Waals surface area (Å²) in [5.74, 6) is -0.161. The number of thiocarbonyl (C=S) groups is 1. The van der Waals surface area contributed by atoms with Crippen molar-refractivity contribution < 1.29 is 14.6 Å². The van der Waals surface area contributed by atoms with E-state index in [2.05, 4.69) is 0 Å². The Labute approximate surface area is 99.4 Å². The quantitative estimate of drug-likeness (QED) is 0.805. The molecule has 0 heterocycles. The third-order valence-corrected chi connectivity index (χ3v) is 2.60. The number of carboxylic acid groups (broad SMARTS) is 1. The molecule has 0 fully saturated rings. The van der Waals surface area contributed by atoms with Crippen molar-refractivity contribution in [2.24, 2.45) is 0 Å². The molecule has 0 saturated carbocycles. The van der Waals surface area contributed by atoms with E-state index in [-0.39, 0.29) is 6.54 Å². The van der Waals surface area contributed by atoms with Crippen LogP contribution in [0.1, 0.15) is 5.56 Å². The first-order valence-electron chi connectivity index (χ1n) is 4.66. The second-order valence-corrected chi connectivity index (χ2v) is 3.67. The maximum atomic E-state index is 10.5. The van der Waals surface area contributed by atoms with Crippen LogP contribution in [0.5, 0.6) is 5.75 Å². The van der Waals surface area contributed by atoms with Crippen LogP contribution in [0.4, 0.5) is 0 Å². The van der Waals surface area contributed by atoms with Crippen LogP contribution in [0.25, 0.3) is 0 Å². The van der Waals surface area contributed by atoms with Crippen molar-refractivity contribution in [2.45, 2.75) is 0 Å². The molecule has 0 saturated heterocycles. The second-order valence-electron chi connectivity index (χ2n) is 3.28. The molecular formula is C11H13NO3S. The average Bonchev–Trinajstić information content (AvgIpc) is 2.27. The van der Waals surface area contributed by atoms with Crippen LogP contribution in [0.3, 0.4) is 0 Å². The summed E-state index contributed by atoms with van der Waals surface area (Å²) in [7, 11) is 3.24. The van der Waals surface area contributed by atoms with Gasteiger partial charge in [-0.05, 0) is 24.3 Å². The molecule has 1 aromatic carbocycles. The molecule has 1 N–H and O–H groups in total. The average molecular weight is 239 g/mol. The number of methoxy groups -OCH3 is 1. The fourth-order valence-electron chi connectivity index (χ4n) is 1.23. The van der Waals surface area contributed by atoms with Crippen LogP contribution in [0.15, 0.2) is 24.3 Å². The van der Waals surface area contributed by atoms with E-state index in [4.69, 9.17) is 22.1 Å². The number of rotatable bonds is 4. The summed E-state index contributed by atoms with van der Waals surface area (Å²) in [4.78, 5) is 12.5. The normalized spacial score (nSPS) is 9.62. The van der Waals surface area contributed by atoms with Gasteiger partial charge in [0, 0.05) is 12.6 Å². The lowest BCUT2D eigenvalue weighted by molar-refractivity contribution is -0.137. The lowest BCUT2D eigenvalue weighted by Gasteiger charge is -2.17. The van der Waals surface area contributed by atoms with E-state index in [9.17, 15) is 4.79 Å². The van der Waals surface area contributed by atoms with Gasteiger partial charge in [0.25, 0.3) is 0 Å². The van der Waals surface area contributed by atoms with Gasteiger partial charge < -0.3 is 14.7 Å². The molecule has 1 aromatic rings. The number of carboxylic acids is 1. The van der Waals surface area contributed by atoms with Gasteiger partial charge in [-0.3, -0.25) is 4.79 Å². The smallest absolute Gasteiger partial charge is 0.323 e. The van der Waals surface area contributed by atoms with E-state index in [1.54, 1.807) is 38.4 Å². The summed E-state index contributed by atoms with van der Waals surface area (Å²) in [6.07, 6.45) is 0. The molecular weight excluding hydrogens is 226 g/mol. The van der Waals surface area contributed by atoms with Crippen molar-refractivity contribution in [3.05, 3.63) is 29.8 Å². The third kappa shape index (κ3) is 3.20. The van der Waals surface area contributed by atoms with Gasteiger partial charge in [-0.25, -0.2) is 0 Å². The molecule has 0 spiro atoms. The summed E-state index contributed by atoms with van der Waals surface area (Å²) >= 11 is 5.16. The van der Waals surface area contributed by atoms with E-state index >= 15 is 0 Å². The van der Waals surface area contributed by atoms with Gasteiger partial charge in [0.2, 0.25) is 0 Å². The van der Waals surface area contributed by atoms with E-state index in [1.807, 2.05) is 0 Å². The van der Waals surface area contributed by atoms with Gasteiger partial charge in [0.05, 0.1) is 7.11 Å². The summed E-state index contributed by atoms with van der Waals surface area (Å²) in [5.41, 5.74) is 0.805. The molecule has 0 radical (unpaired) electrons. The Kier molecular flexibility index (Phi) is 4.25. The van der Waals surface area contributed by atoms with Crippen LogP contribution in [0.2, 0.25) is 0 Å². The first-order valence-corrected chi connectivity index (χ1v) is 5.06. The minimum Gasteiger partial charge on any atom is -0.497 e. The minimum atomic E-state index is -0.904. The summed E-state index contributed by atoms with van der Waals surface area (Å²) in [6.45, 7) is -0.106. The maximum absolute atomic E-state index is 10.5. The van der Waals surface area contributed by atoms with Gasteiger partial charge >= 0.3 is 5.97 Å². The predicted molar refractivity (Wildman–Crippen MR) is 65.0 cm³/mol. The highest BCUT2D eigenvalue weighted by Crippen LogP contribution is 2.13. The molecule has 1 rings (SSSR count). The van der Waals surface area contributed by atoms with Crippen LogP contribution < -0.4 is 4.74 Å². The van der Waals surface area contributed by atoms with Crippen LogP contribution in [-0.2, 0) is 4.79 Å². The molecule has 0 unspecified atom stereocenters. The zero-order valence-electron chi connectivity index (χ0n) is 9.14. The zero-order chi connectivity index (χ0) is 12.1. The van der Waals surface area contributed by atoms with Gasteiger partial charge in [-0.15, -0.1) is 0 Å². The topological polar surface area (TPSA) is 49.8 Å². The third-order valence-electron chi connectivity index (χ3n) is 2.06. The molecule has 0 aliphatic rings. The fraction of sp³-hybridized carbons (Fsp3) is 0.273. The highest BCUT2D eigenvalue weighted by Gasteiger charge is 2.10. The highest BCUT2D eigenvalue weighted by molar-refractivity contribution is 7.80. The number of hydrogen-bond donors (Lipinski definition) is 1. The Hall–Kier alpha value is -1.62. The molecule has 0 atom stereocenters. The lowest BCUT2D eigenvalue weighted by atomic mass is 10.2. The molecule has 5 heteroatoms.